The zero-order valence-corrected chi connectivity index (χ0v) is 11.4. The molecule has 2 nitrogen and oxygen atoms in total. The standard InChI is InChI=1S/C16H24N2/c1-14-6-2-3-7-15(14)16(8-10-17-11-9-16)18-12-4-5-13-18/h2-3,6-7,17H,4-5,8-13H2,1H3. The Balaban J connectivity index is 2.01. The van der Waals surface area contributed by atoms with Crippen molar-refractivity contribution in [2.75, 3.05) is 26.2 Å². The quantitative estimate of drug-likeness (QED) is 0.860. The largest absolute Gasteiger partial charge is 0.317 e. The van der Waals surface area contributed by atoms with Crippen molar-refractivity contribution < 1.29 is 0 Å². The molecule has 2 aliphatic rings. The zero-order valence-electron chi connectivity index (χ0n) is 11.4. The van der Waals surface area contributed by atoms with Crippen molar-refractivity contribution in [3.63, 3.8) is 0 Å². The van der Waals surface area contributed by atoms with Crippen molar-refractivity contribution in [1.82, 2.24) is 10.2 Å². The molecule has 0 saturated carbocycles. The van der Waals surface area contributed by atoms with Gasteiger partial charge >= 0.3 is 0 Å². The van der Waals surface area contributed by atoms with Gasteiger partial charge in [-0.25, -0.2) is 0 Å². The van der Waals surface area contributed by atoms with E-state index in [2.05, 4.69) is 41.4 Å². The molecule has 0 amide bonds. The van der Waals surface area contributed by atoms with Gasteiger partial charge in [0.15, 0.2) is 0 Å². The molecule has 0 radical (unpaired) electrons. The van der Waals surface area contributed by atoms with Crippen LogP contribution in [-0.2, 0) is 5.54 Å². The molecule has 0 aromatic heterocycles. The highest BCUT2D eigenvalue weighted by Gasteiger charge is 2.41. The van der Waals surface area contributed by atoms with Gasteiger partial charge in [0.25, 0.3) is 0 Å². The van der Waals surface area contributed by atoms with Crippen molar-refractivity contribution in [3.8, 4) is 0 Å². The van der Waals surface area contributed by atoms with E-state index < -0.39 is 0 Å². The first kappa shape index (κ1) is 12.2. The van der Waals surface area contributed by atoms with E-state index in [-0.39, 0.29) is 0 Å². The summed E-state index contributed by atoms with van der Waals surface area (Å²) in [6, 6.07) is 9.01. The number of hydrogen-bond donors (Lipinski definition) is 1. The van der Waals surface area contributed by atoms with Gasteiger partial charge in [-0.1, -0.05) is 24.3 Å². The molecule has 1 N–H and O–H groups in total. The summed E-state index contributed by atoms with van der Waals surface area (Å²) in [5.74, 6) is 0. The first-order valence-electron chi connectivity index (χ1n) is 7.35. The summed E-state index contributed by atoms with van der Waals surface area (Å²) < 4.78 is 0. The smallest absolute Gasteiger partial charge is 0.0487 e. The fourth-order valence-corrected chi connectivity index (χ4v) is 3.84. The van der Waals surface area contributed by atoms with Gasteiger partial charge < -0.3 is 5.32 Å². The number of benzene rings is 1. The topological polar surface area (TPSA) is 15.3 Å². The van der Waals surface area contributed by atoms with Crippen LogP contribution in [0.25, 0.3) is 0 Å². The number of nitrogens with zero attached hydrogens (tertiary/aromatic N) is 1. The first-order chi connectivity index (χ1) is 8.83. The number of rotatable bonds is 2. The number of hydrogen-bond acceptors (Lipinski definition) is 2. The van der Waals surface area contributed by atoms with E-state index in [1.165, 1.54) is 44.3 Å². The molecule has 98 valence electrons. The van der Waals surface area contributed by atoms with Gasteiger partial charge in [-0.05, 0) is 69.9 Å². The third kappa shape index (κ3) is 1.98. The van der Waals surface area contributed by atoms with Crippen LogP contribution >= 0.6 is 0 Å². The van der Waals surface area contributed by atoms with E-state index in [4.69, 9.17) is 0 Å². The van der Waals surface area contributed by atoms with Crippen LogP contribution in [0, 0.1) is 6.92 Å². The van der Waals surface area contributed by atoms with Gasteiger partial charge in [-0.2, -0.15) is 0 Å². The lowest BCUT2D eigenvalue weighted by atomic mass is 9.78. The Hall–Kier alpha value is -0.860. The average molecular weight is 244 g/mol. The van der Waals surface area contributed by atoms with E-state index in [0.29, 0.717) is 5.54 Å². The van der Waals surface area contributed by atoms with Crippen molar-refractivity contribution in [3.05, 3.63) is 35.4 Å². The summed E-state index contributed by atoms with van der Waals surface area (Å²) in [7, 11) is 0. The molecule has 2 heteroatoms. The highest BCUT2D eigenvalue weighted by Crippen LogP contribution is 2.40. The van der Waals surface area contributed by atoms with Crippen LogP contribution < -0.4 is 5.32 Å². The zero-order chi connectivity index (χ0) is 12.4. The van der Waals surface area contributed by atoms with Gasteiger partial charge in [0, 0.05) is 5.54 Å². The predicted octanol–water partition coefficient (Wildman–Crippen LogP) is 2.67. The first-order valence-corrected chi connectivity index (χ1v) is 7.35. The second-order valence-electron chi connectivity index (χ2n) is 5.79. The summed E-state index contributed by atoms with van der Waals surface area (Å²) >= 11 is 0. The lowest BCUT2D eigenvalue weighted by Crippen LogP contribution is -2.51. The van der Waals surface area contributed by atoms with E-state index in [9.17, 15) is 0 Å². The number of likely N-dealkylation sites (tertiary alicyclic amines) is 1. The normalized spacial score (nSPS) is 24.3. The van der Waals surface area contributed by atoms with Crippen LogP contribution in [0.15, 0.2) is 24.3 Å². The van der Waals surface area contributed by atoms with Crippen LogP contribution in [0.1, 0.15) is 36.8 Å². The molecule has 2 aliphatic heterocycles. The Morgan fingerprint density at radius 1 is 1.06 bits per heavy atom. The van der Waals surface area contributed by atoms with Gasteiger partial charge in [-0.3, -0.25) is 4.90 Å². The number of nitrogens with one attached hydrogen (secondary N) is 1. The third-order valence-electron chi connectivity index (χ3n) is 4.79. The Morgan fingerprint density at radius 2 is 1.72 bits per heavy atom. The predicted molar refractivity (Wildman–Crippen MR) is 75.8 cm³/mol. The Morgan fingerprint density at radius 3 is 2.39 bits per heavy atom. The number of piperidine rings is 1. The second-order valence-corrected chi connectivity index (χ2v) is 5.79. The molecule has 2 heterocycles. The Bertz CT molecular complexity index is 401. The molecule has 3 rings (SSSR count). The van der Waals surface area contributed by atoms with Crippen molar-refractivity contribution in [2.45, 2.75) is 38.1 Å². The van der Waals surface area contributed by atoms with Crippen molar-refractivity contribution in [2.24, 2.45) is 0 Å². The van der Waals surface area contributed by atoms with Gasteiger partial charge in [0.1, 0.15) is 0 Å². The van der Waals surface area contributed by atoms with Crippen LogP contribution in [-0.4, -0.2) is 31.1 Å². The van der Waals surface area contributed by atoms with E-state index in [1.807, 2.05) is 0 Å². The Kier molecular flexibility index (Phi) is 3.40. The molecule has 0 aliphatic carbocycles. The lowest BCUT2D eigenvalue weighted by Gasteiger charge is -2.46. The van der Waals surface area contributed by atoms with Crippen molar-refractivity contribution >= 4 is 0 Å². The maximum atomic E-state index is 3.53. The summed E-state index contributed by atoms with van der Waals surface area (Å²) in [5, 5.41) is 3.53. The fourth-order valence-electron chi connectivity index (χ4n) is 3.84. The van der Waals surface area contributed by atoms with Crippen LogP contribution in [0.5, 0.6) is 0 Å². The summed E-state index contributed by atoms with van der Waals surface area (Å²) in [5.41, 5.74) is 3.35. The molecule has 1 aromatic carbocycles. The molecule has 18 heavy (non-hydrogen) atoms. The second kappa shape index (κ2) is 5.02. The molecule has 0 spiro atoms. The third-order valence-corrected chi connectivity index (χ3v) is 4.79. The minimum absolute atomic E-state index is 0.313. The molecule has 2 fully saturated rings. The molecular formula is C16H24N2. The van der Waals surface area contributed by atoms with Gasteiger partial charge in [0.05, 0.1) is 0 Å². The lowest BCUT2D eigenvalue weighted by molar-refractivity contribution is 0.0771. The molecule has 1 aromatic rings. The molecule has 0 bridgehead atoms. The van der Waals surface area contributed by atoms with Gasteiger partial charge in [0.2, 0.25) is 0 Å². The fraction of sp³-hybridized carbons (Fsp3) is 0.625. The maximum absolute atomic E-state index is 3.53. The molecular weight excluding hydrogens is 220 g/mol. The minimum Gasteiger partial charge on any atom is -0.317 e. The van der Waals surface area contributed by atoms with Crippen LogP contribution in [0.2, 0.25) is 0 Å². The maximum Gasteiger partial charge on any atom is 0.0487 e. The monoisotopic (exact) mass is 244 g/mol. The van der Waals surface area contributed by atoms with Crippen LogP contribution in [0.4, 0.5) is 0 Å². The molecule has 0 atom stereocenters. The van der Waals surface area contributed by atoms with E-state index in [0.717, 1.165) is 13.1 Å². The van der Waals surface area contributed by atoms with E-state index >= 15 is 0 Å². The van der Waals surface area contributed by atoms with Gasteiger partial charge in [-0.15, -0.1) is 0 Å². The van der Waals surface area contributed by atoms with Crippen molar-refractivity contribution in [1.29, 1.82) is 0 Å². The summed E-state index contributed by atoms with van der Waals surface area (Å²) in [6.45, 7) is 7.16. The van der Waals surface area contributed by atoms with E-state index in [1.54, 1.807) is 5.56 Å². The average Bonchev–Trinajstić information content (AvgIpc) is 2.94. The highest BCUT2D eigenvalue weighted by molar-refractivity contribution is 5.34. The SMILES string of the molecule is Cc1ccccc1C1(N2CCCC2)CCNCC1. The summed E-state index contributed by atoms with van der Waals surface area (Å²) in [6.07, 6.45) is 5.28. The molecule has 2 saturated heterocycles. The minimum atomic E-state index is 0.313. The van der Waals surface area contributed by atoms with Crippen LogP contribution in [0.3, 0.4) is 0 Å². The number of aryl methyl sites for hydroxylation is 1. The Labute approximate surface area is 110 Å². The molecule has 0 unspecified atom stereocenters. The summed E-state index contributed by atoms with van der Waals surface area (Å²) in [4.78, 5) is 2.76. The highest BCUT2D eigenvalue weighted by atomic mass is 15.2.